The van der Waals surface area contributed by atoms with Crippen LogP contribution < -0.4 is 11.1 Å². The van der Waals surface area contributed by atoms with Crippen LogP contribution in [0.3, 0.4) is 0 Å². The molecular weight excluding hydrogens is 268 g/mol. The third kappa shape index (κ3) is 3.42. The molecule has 1 saturated carbocycles. The minimum absolute atomic E-state index is 0.00997. The zero-order valence-corrected chi connectivity index (χ0v) is 12.6. The normalized spacial score (nSPS) is 16.0. The standard InChI is InChI=1S/C16H22N2O3/c1-11-8-12(15(20)21-2)4-5-13(11)18-14(19)9-16(10-17)6-3-7-16/h4-5,8H,3,6-7,9-10,17H2,1-2H3,(H,18,19). The first-order chi connectivity index (χ1) is 9.99. The molecule has 0 radical (unpaired) electrons. The van der Waals surface area contributed by atoms with Gasteiger partial charge in [-0.05, 0) is 55.5 Å². The van der Waals surface area contributed by atoms with Crippen molar-refractivity contribution in [3.05, 3.63) is 29.3 Å². The van der Waals surface area contributed by atoms with Gasteiger partial charge in [0.15, 0.2) is 0 Å². The molecule has 0 bridgehead atoms. The number of carbonyl (C=O) groups excluding carboxylic acids is 2. The number of esters is 1. The number of nitrogens with one attached hydrogen (secondary N) is 1. The Morgan fingerprint density at radius 2 is 2.10 bits per heavy atom. The molecule has 0 aliphatic heterocycles. The number of aryl methyl sites for hydroxylation is 1. The molecule has 114 valence electrons. The van der Waals surface area contributed by atoms with E-state index in [0.29, 0.717) is 18.5 Å². The highest BCUT2D eigenvalue weighted by molar-refractivity contribution is 5.94. The average molecular weight is 290 g/mol. The van der Waals surface area contributed by atoms with E-state index in [1.165, 1.54) is 7.11 Å². The van der Waals surface area contributed by atoms with Crippen LogP contribution in [0, 0.1) is 12.3 Å². The van der Waals surface area contributed by atoms with Crippen LogP contribution in [0.15, 0.2) is 18.2 Å². The molecule has 0 atom stereocenters. The summed E-state index contributed by atoms with van der Waals surface area (Å²) in [4.78, 5) is 23.6. The van der Waals surface area contributed by atoms with E-state index in [2.05, 4.69) is 10.1 Å². The van der Waals surface area contributed by atoms with Crippen molar-refractivity contribution < 1.29 is 14.3 Å². The van der Waals surface area contributed by atoms with Gasteiger partial charge in [0.2, 0.25) is 5.91 Å². The Balaban J connectivity index is 2.02. The van der Waals surface area contributed by atoms with Crippen molar-refractivity contribution in [3.8, 4) is 0 Å². The van der Waals surface area contributed by atoms with Crippen molar-refractivity contribution in [3.63, 3.8) is 0 Å². The van der Waals surface area contributed by atoms with Crippen molar-refractivity contribution in [1.29, 1.82) is 0 Å². The molecule has 0 aromatic heterocycles. The Morgan fingerprint density at radius 1 is 1.38 bits per heavy atom. The quantitative estimate of drug-likeness (QED) is 0.815. The van der Waals surface area contributed by atoms with Gasteiger partial charge in [-0.3, -0.25) is 4.79 Å². The molecule has 1 aromatic rings. The van der Waals surface area contributed by atoms with Crippen molar-refractivity contribution >= 4 is 17.6 Å². The summed E-state index contributed by atoms with van der Waals surface area (Å²) in [6, 6.07) is 5.09. The van der Waals surface area contributed by atoms with E-state index in [1.807, 2.05) is 6.92 Å². The lowest BCUT2D eigenvalue weighted by Crippen LogP contribution is -2.40. The smallest absolute Gasteiger partial charge is 0.337 e. The van der Waals surface area contributed by atoms with Crippen molar-refractivity contribution in [2.24, 2.45) is 11.1 Å². The zero-order valence-electron chi connectivity index (χ0n) is 12.6. The van der Waals surface area contributed by atoms with E-state index in [-0.39, 0.29) is 17.3 Å². The summed E-state index contributed by atoms with van der Waals surface area (Å²) in [5.74, 6) is -0.401. The first kappa shape index (κ1) is 15.5. The summed E-state index contributed by atoms with van der Waals surface area (Å²) >= 11 is 0. The van der Waals surface area contributed by atoms with Gasteiger partial charge in [-0.15, -0.1) is 0 Å². The number of ether oxygens (including phenoxy) is 1. The van der Waals surface area contributed by atoms with E-state index >= 15 is 0 Å². The molecule has 21 heavy (non-hydrogen) atoms. The highest BCUT2D eigenvalue weighted by atomic mass is 16.5. The molecule has 1 aromatic carbocycles. The number of methoxy groups -OCH3 is 1. The largest absolute Gasteiger partial charge is 0.465 e. The molecule has 2 rings (SSSR count). The molecule has 1 fully saturated rings. The lowest BCUT2D eigenvalue weighted by molar-refractivity contribution is -0.119. The predicted octanol–water partition coefficient (Wildman–Crippen LogP) is 2.24. The number of amides is 1. The monoisotopic (exact) mass is 290 g/mol. The van der Waals surface area contributed by atoms with Gasteiger partial charge in [0.05, 0.1) is 12.7 Å². The van der Waals surface area contributed by atoms with Gasteiger partial charge < -0.3 is 15.8 Å². The summed E-state index contributed by atoms with van der Waals surface area (Å²) in [5, 5.41) is 2.91. The Kier molecular flexibility index (Phi) is 4.63. The summed E-state index contributed by atoms with van der Waals surface area (Å²) in [5.41, 5.74) is 7.80. The van der Waals surface area contributed by atoms with Gasteiger partial charge in [-0.1, -0.05) is 6.42 Å². The highest BCUT2D eigenvalue weighted by Crippen LogP contribution is 2.43. The molecule has 0 saturated heterocycles. The minimum atomic E-state index is -0.382. The maximum Gasteiger partial charge on any atom is 0.337 e. The zero-order chi connectivity index (χ0) is 15.5. The summed E-state index contributed by atoms with van der Waals surface area (Å²) in [6.07, 6.45) is 3.66. The molecular formula is C16H22N2O3. The van der Waals surface area contributed by atoms with E-state index in [1.54, 1.807) is 18.2 Å². The van der Waals surface area contributed by atoms with E-state index in [9.17, 15) is 9.59 Å². The molecule has 1 aliphatic carbocycles. The van der Waals surface area contributed by atoms with Crippen LogP contribution in [0.1, 0.15) is 41.6 Å². The summed E-state index contributed by atoms with van der Waals surface area (Å²) in [6.45, 7) is 2.41. The molecule has 5 nitrogen and oxygen atoms in total. The van der Waals surface area contributed by atoms with Crippen LogP contribution in [0.4, 0.5) is 5.69 Å². The number of hydrogen-bond acceptors (Lipinski definition) is 4. The highest BCUT2D eigenvalue weighted by Gasteiger charge is 2.37. The number of rotatable bonds is 5. The van der Waals surface area contributed by atoms with Crippen LogP contribution in [0.25, 0.3) is 0 Å². The van der Waals surface area contributed by atoms with Gasteiger partial charge in [-0.2, -0.15) is 0 Å². The fourth-order valence-corrected chi connectivity index (χ4v) is 2.71. The third-order valence-electron chi connectivity index (χ3n) is 4.30. The van der Waals surface area contributed by atoms with Crippen molar-refractivity contribution in [1.82, 2.24) is 0 Å². The van der Waals surface area contributed by atoms with Crippen LogP contribution in [0.5, 0.6) is 0 Å². The Morgan fingerprint density at radius 3 is 2.57 bits per heavy atom. The molecule has 3 N–H and O–H groups in total. The lowest BCUT2D eigenvalue weighted by atomic mass is 9.66. The summed E-state index contributed by atoms with van der Waals surface area (Å²) < 4.78 is 4.67. The lowest BCUT2D eigenvalue weighted by Gasteiger charge is -2.40. The molecule has 5 heteroatoms. The maximum absolute atomic E-state index is 12.1. The fraction of sp³-hybridized carbons (Fsp3) is 0.500. The van der Waals surface area contributed by atoms with Gasteiger partial charge in [0.1, 0.15) is 0 Å². The van der Waals surface area contributed by atoms with Crippen LogP contribution >= 0.6 is 0 Å². The fourth-order valence-electron chi connectivity index (χ4n) is 2.71. The van der Waals surface area contributed by atoms with Crippen LogP contribution in [0.2, 0.25) is 0 Å². The van der Waals surface area contributed by atoms with Crippen molar-refractivity contribution in [2.45, 2.75) is 32.6 Å². The second kappa shape index (κ2) is 6.26. The molecule has 0 unspecified atom stereocenters. The number of hydrogen-bond donors (Lipinski definition) is 2. The van der Waals surface area contributed by atoms with Crippen molar-refractivity contribution in [2.75, 3.05) is 19.0 Å². The number of carbonyl (C=O) groups is 2. The molecule has 0 spiro atoms. The minimum Gasteiger partial charge on any atom is -0.465 e. The molecule has 1 aliphatic rings. The average Bonchev–Trinajstić information content (AvgIpc) is 2.44. The van der Waals surface area contributed by atoms with Gasteiger partial charge in [0, 0.05) is 12.1 Å². The first-order valence-electron chi connectivity index (χ1n) is 7.18. The van der Waals surface area contributed by atoms with Gasteiger partial charge in [0.25, 0.3) is 0 Å². The SMILES string of the molecule is COC(=O)c1ccc(NC(=O)CC2(CN)CCC2)c(C)c1. The van der Waals surface area contributed by atoms with Crippen LogP contribution in [-0.2, 0) is 9.53 Å². The Bertz CT molecular complexity index is 545. The maximum atomic E-state index is 12.1. The topological polar surface area (TPSA) is 81.4 Å². The van der Waals surface area contributed by atoms with E-state index < -0.39 is 0 Å². The van der Waals surface area contributed by atoms with Crippen LogP contribution in [-0.4, -0.2) is 25.5 Å². The van der Waals surface area contributed by atoms with Gasteiger partial charge in [-0.25, -0.2) is 4.79 Å². The Labute approximate surface area is 124 Å². The van der Waals surface area contributed by atoms with Gasteiger partial charge >= 0.3 is 5.97 Å². The number of benzene rings is 1. The third-order valence-corrected chi connectivity index (χ3v) is 4.30. The first-order valence-corrected chi connectivity index (χ1v) is 7.18. The summed E-state index contributed by atoms with van der Waals surface area (Å²) in [7, 11) is 1.35. The number of anilines is 1. The van der Waals surface area contributed by atoms with E-state index in [4.69, 9.17) is 5.73 Å². The second-order valence-electron chi connectivity index (χ2n) is 5.80. The second-order valence-corrected chi connectivity index (χ2v) is 5.80. The predicted molar refractivity (Wildman–Crippen MR) is 81.1 cm³/mol. The van der Waals surface area contributed by atoms with E-state index in [0.717, 1.165) is 30.5 Å². The Hall–Kier alpha value is -1.88. The number of nitrogens with two attached hydrogens (primary N) is 1. The molecule has 1 amide bonds. The molecule has 0 heterocycles.